The van der Waals surface area contributed by atoms with Crippen LogP contribution in [-0.2, 0) is 6.54 Å². The first-order valence-corrected chi connectivity index (χ1v) is 7.65. The van der Waals surface area contributed by atoms with E-state index in [-0.39, 0.29) is 0 Å². The molecule has 2 saturated heterocycles. The highest BCUT2D eigenvalue weighted by atomic mass is 16.5. The molecule has 0 aliphatic carbocycles. The molecule has 0 saturated carbocycles. The Bertz CT molecular complexity index is 457. The number of hydrogen-bond acceptors (Lipinski definition) is 4. The summed E-state index contributed by atoms with van der Waals surface area (Å²) in [6.07, 6.45) is 4.05. The van der Waals surface area contributed by atoms with Crippen LogP contribution in [-0.4, -0.2) is 49.1 Å². The van der Waals surface area contributed by atoms with Crippen LogP contribution in [0.3, 0.4) is 0 Å². The van der Waals surface area contributed by atoms with Crippen LogP contribution in [0.4, 0.5) is 5.69 Å². The molecule has 110 valence electrons. The molecular formula is C16H25N3O. The van der Waals surface area contributed by atoms with Crippen LogP contribution in [0.25, 0.3) is 0 Å². The van der Waals surface area contributed by atoms with E-state index in [1.54, 1.807) is 7.11 Å². The Morgan fingerprint density at radius 3 is 2.80 bits per heavy atom. The molecule has 2 aliphatic rings. The van der Waals surface area contributed by atoms with Gasteiger partial charge in [0.15, 0.2) is 0 Å². The van der Waals surface area contributed by atoms with Gasteiger partial charge in [0.2, 0.25) is 0 Å². The van der Waals surface area contributed by atoms with E-state index in [0.717, 1.165) is 24.0 Å². The van der Waals surface area contributed by atoms with E-state index in [0.29, 0.717) is 0 Å². The zero-order valence-electron chi connectivity index (χ0n) is 12.3. The second kappa shape index (κ2) is 6.02. The molecule has 2 aliphatic heterocycles. The van der Waals surface area contributed by atoms with Gasteiger partial charge in [-0.3, -0.25) is 9.80 Å². The van der Waals surface area contributed by atoms with Crippen LogP contribution in [0.2, 0.25) is 0 Å². The Balaban J connectivity index is 1.62. The molecule has 4 heteroatoms. The maximum absolute atomic E-state index is 5.90. The van der Waals surface area contributed by atoms with Gasteiger partial charge in [-0.1, -0.05) is 0 Å². The number of ether oxygens (including phenoxy) is 1. The minimum Gasteiger partial charge on any atom is -0.496 e. The van der Waals surface area contributed by atoms with Crippen molar-refractivity contribution >= 4 is 5.69 Å². The summed E-state index contributed by atoms with van der Waals surface area (Å²) in [5.74, 6) is 0.948. The van der Waals surface area contributed by atoms with Crippen molar-refractivity contribution in [3.8, 4) is 5.75 Å². The summed E-state index contributed by atoms with van der Waals surface area (Å²) < 4.78 is 5.44. The van der Waals surface area contributed by atoms with Crippen LogP contribution < -0.4 is 10.5 Å². The first-order chi connectivity index (χ1) is 9.76. The Morgan fingerprint density at radius 1 is 1.25 bits per heavy atom. The highest BCUT2D eigenvalue weighted by Crippen LogP contribution is 2.26. The average Bonchev–Trinajstić information content (AvgIpc) is 3.09. The monoisotopic (exact) mass is 275 g/mol. The molecule has 20 heavy (non-hydrogen) atoms. The second-order valence-corrected chi connectivity index (χ2v) is 5.99. The summed E-state index contributed by atoms with van der Waals surface area (Å²) in [6.45, 7) is 5.88. The Morgan fingerprint density at radius 2 is 2.05 bits per heavy atom. The van der Waals surface area contributed by atoms with Crippen LogP contribution in [0.5, 0.6) is 5.75 Å². The summed E-state index contributed by atoms with van der Waals surface area (Å²) in [6, 6.07) is 6.67. The van der Waals surface area contributed by atoms with Gasteiger partial charge in [0.25, 0.3) is 0 Å². The van der Waals surface area contributed by atoms with Crippen molar-refractivity contribution in [2.24, 2.45) is 0 Å². The molecule has 2 N–H and O–H groups in total. The Labute approximate surface area is 121 Å². The van der Waals surface area contributed by atoms with Crippen molar-refractivity contribution in [1.29, 1.82) is 0 Å². The standard InChI is InChI=1S/C16H25N3O/c1-20-16-5-4-14(17)10-13(16)11-18-9-6-15(12-18)19-7-2-3-8-19/h4-5,10,15H,2-3,6-9,11-12,17H2,1H3. The third-order valence-electron chi connectivity index (χ3n) is 4.60. The molecule has 4 nitrogen and oxygen atoms in total. The van der Waals surface area contributed by atoms with Gasteiger partial charge in [0.05, 0.1) is 7.11 Å². The van der Waals surface area contributed by atoms with Crippen LogP contribution in [0, 0.1) is 0 Å². The maximum atomic E-state index is 5.90. The van der Waals surface area contributed by atoms with Gasteiger partial charge in [-0.25, -0.2) is 0 Å². The molecular weight excluding hydrogens is 250 g/mol. The van der Waals surface area contributed by atoms with Crippen molar-refractivity contribution in [3.05, 3.63) is 23.8 Å². The predicted molar refractivity (Wildman–Crippen MR) is 81.9 cm³/mol. The normalized spacial score (nSPS) is 24.4. The lowest BCUT2D eigenvalue weighted by atomic mass is 10.1. The molecule has 0 aromatic heterocycles. The van der Waals surface area contributed by atoms with Gasteiger partial charge >= 0.3 is 0 Å². The molecule has 1 aromatic rings. The number of hydrogen-bond donors (Lipinski definition) is 1. The van der Waals surface area contributed by atoms with Crippen molar-refractivity contribution in [3.63, 3.8) is 0 Å². The zero-order valence-corrected chi connectivity index (χ0v) is 12.3. The third kappa shape index (κ3) is 2.91. The number of likely N-dealkylation sites (tertiary alicyclic amines) is 2. The molecule has 1 atom stereocenters. The molecule has 2 heterocycles. The summed E-state index contributed by atoms with van der Waals surface area (Å²) >= 11 is 0. The van der Waals surface area contributed by atoms with E-state index in [1.807, 2.05) is 18.2 Å². The van der Waals surface area contributed by atoms with Crippen LogP contribution in [0.15, 0.2) is 18.2 Å². The number of rotatable bonds is 4. The lowest BCUT2D eigenvalue weighted by molar-refractivity contribution is 0.229. The first-order valence-electron chi connectivity index (χ1n) is 7.65. The number of benzene rings is 1. The lowest BCUT2D eigenvalue weighted by Crippen LogP contribution is -2.35. The molecule has 0 bridgehead atoms. The van der Waals surface area contributed by atoms with Gasteiger partial charge in [-0.05, 0) is 50.6 Å². The molecule has 0 spiro atoms. The van der Waals surface area contributed by atoms with Gasteiger partial charge < -0.3 is 10.5 Å². The molecule has 2 fully saturated rings. The average molecular weight is 275 g/mol. The molecule has 1 aromatic carbocycles. The van der Waals surface area contributed by atoms with Crippen molar-refractivity contribution in [1.82, 2.24) is 9.80 Å². The second-order valence-electron chi connectivity index (χ2n) is 5.99. The quantitative estimate of drug-likeness (QED) is 0.853. The summed E-state index contributed by atoms with van der Waals surface area (Å²) in [4.78, 5) is 5.19. The largest absolute Gasteiger partial charge is 0.496 e. The van der Waals surface area contributed by atoms with E-state index >= 15 is 0 Å². The van der Waals surface area contributed by atoms with Crippen LogP contribution in [0.1, 0.15) is 24.8 Å². The van der Waals surface area contributed by atoms with Gasteiger partial charge in [0, 0.05) is 36.9 Å². The maximum Gasteiger partial charge on any atom is 0.123 e. The fraction of sp³-hybridized carbons (Fsp3) is 0.625. The molecule has 0 radical (unpaired) electrons. The van der Waals surface area contributed by atoms with Gasteiger partial charge in [-0.2, -0.15) is 0 Å². The van der Waals surface area contributed by atoms with Gasteiger partial charge in [0.1, 0.15) is 5.75 Å². The number of nitrogens with zero attached hydrogens (tertiary/aromatic N) is 2. The van der Waals surface area contributed by atoms with E-state index in [1.165, 1.54) is 51.0 Å². The summed E-state index contributed by atoms with van der Waals surface area (Å²) in [5.41, 5.74) is 7.92. The predicted octanol–water partition coefficient (Wildman–Crippen LogP) is 1.95. The first kappa shape index (κ1) is 13.7. The SMILES string of the molecule is COc1ccc(N)cc1CN1CCC(N2CCCC2)C1. The summed E-state index contributed by atoms with van der Waals surface area (Å²) in [5, 5.41) is 0. The smallest absolute Gasteiger partial charge is 0.123 e. The molecule has 1 unspecified atom stereocenters. The molecule has 3 rings (SSSR count). The number of anilines is 1. The van der Waals surface area contributed by atoms with Crippen molar-refractivity contribution < 1.29 is 4.74 Å². The topological polar surface area (TPSA) is 41.7 Å². The van der Waals surface area contributed by atoms with Gasteiger partial charge in [-0.15, -0.1) is 0 Å². The third-order valence-corrected chi connectivity index (χ3v) is 4.60. The van der Waals surface area contributed by atoms with E-state index < -0.39 is 0 Å². The zero-order chi connectivity index (χ0) is 13.9. The van der Waals surface area contributed by atoms with E-state index in [4.69, 9.17) is 10.5 Å². The highest BCUT2D eigenvalue weighted by Gasteiger charge is 2.29. The highest BCUT2D eigenvalue weighted by molar-refractivity contribution is 5.47. The van der Waals surface area contributed by atoms with Crippen LogP contribution >= 0.6 is 0 Å². The van der Waals surface area contributed by atoms with Crippen molar-refractivity contribution in [2.75, 3.05) is 39.0 Å². The minimum atomic E-state index is 0.754. The van der Waals surface area contributed by atoms with Crippen molar-refractivity contribution in [2.45, 2.75) is 31.8 Å². The van der Waals surface area contributed by atoms with E-state index in [9.17, 15) is 0 Å². The fourth-order valence-corrected chi connectivity index (χ4v) is 3.52. The summed E-state index contributed by atoms with van der Waals surface area (Å²) in [7, 11) is 1.73. The number of nitrogen functional groups attached to an aromatic ring is 1. The fourth-order valence-electron chi connectivity index (χ4n) is 3.52. The Kier molecular flexibility index (Phi) is 4.13. The lowest BCUT2D eigenvalue weighted by Gasteiger charge is -2.24. The van der Waals surface area contributed by atoms with E-state index in [2.05, 4.69) is 9.80 Å². The minimum absolute atomic E-state index is 0.754. The number of nitrogens with two attached hydrogens (primary N) is 1. The Hall–Kier alpha value is -1.26. The molecule has 0 amide bonds. The number of methoxy groups -OCH3 is 1.